The second kappa shape index (κ2) is 3.76. The Hall–Kier alpha value is -1.79. The summed E-state index contributed by atoms with van der Waals surface area (Å²) in [6, 6.07) is 1.30. The van der Waals surface area contributed by atoms with Crippen LogP contribution in [-0.4, -0.2) is 15.6 Å². The average molecular weight is 221 g/mol. The molecule has 1 aromatic rings. The van der Waals surface area contributed by atoms with Gasteiger partial charge in [0, 0.05) is 12.3 Å². The van der Waals surface area contributed by atoms with Gasteiger partial charge in [0.15, 0.2) is 0 Å². The van der Waals surface area contributed by atoms with Gasteiger partial charge in [-0.3, -0.25) is 9.59 Å². The summed E-state index contributed by atoms with van der Waals surface area (Å²) >= 11 is 0. The minimum absolute atomic E-state index is 0.483. The van der Waals surface area contributed by atoms with Crippen molar-refractivity contribution in [1.82, 2.24) is 4.57 Å². The molecular formula is C8H6F3NO3. The van der Waals surface area contributed by atoms with Crippen LogP contribution in [0.25, 0.3) is 0 Å². The smallest absolute Gasteiger partial charge is 0.417 e. The molecule has 0 spiro atoms. The molecule has 0 amide bonds. The van der Waals surface area contributed by atoms with Crippen molar-refractivity contribution in [2.75, 3.05) is 0 Å². The SMILES string of the molecule is O=C(O)Cn1cc(C(F)(F)F)ccc1=O. The third-order valence-corrected chi connectivity index (χ3v) is 1.62. The number of hydrogen-bond acceptors (Lipinski definition) is 2. The largest absolute Gasteiger partial charge is 0.480 e. The van der Waals surface area contributed by atoms with E-state index in [4.69, 9.17) is 5.11 Å². The van der Waals surface area contributed by atoms with Gasteiger partial charge < -0.3 is 9.67 Å². The van der Waals surface area contributed by atoms with E-state index in [1.807, 2.05) is 0 Å². The second-order valence-electron chi connectivity index (χ2n) is 2.78. The number of carboxylic acids is 1. The highest BCUT2D eigenvalue weighted by atomic mass is 19.4. The van der Waals surface area contributed by atoms with Crippen LogP contribution in [0.15, 0.2) is 23.1 Å². The molecule has 82 valence electrons. The van der Waals surface area contributed by atoms with E-state index in [0.29, 0.717) is 22.9 Å². The number of carbonyl (C=O) groups is 1. The average Bonchev–Trinajstić information content (AvgIpc) is 2.06. The quantitative estimate of drug-likeness (QED) is 0.808. The highest BCUT2D eigenvalue weighted by molar-refractivity contribution is 5.66. The predicted octanol–water partition coefficient (Wildman–Crippen LogP) is 0.952. The number of hydrogen-bond donors (Lipinski definition) is 1. The van der Waals surface area contributed by atoms with Crippen LogP contribution in [0.1, 0.15) is 5.56 Å². The normalized spacial score (nSPS) is 11.4. The molecule has 0 bridgehead atoms. The molecule has 0 atom stereocenters. The highest BCUT2D eigenvalue weighted by Crippen LogP contribution is 2.27. The Balaban J connectivity index is 3.17. The molecule has 7 heteroatoms. The molecule has 0 aliphatic carbocycles. The Morgan fingerprint density at radius 3 is 2.47 bits per heavy atom. The predicted molar refractivity (Wildman–Crippen MR) is 43.3 cm³/mol. The fourth-order valence-corrected chi connectivity index (χ4v) is 0.968. The first-order chi connectivity index (χ1) is 6.80. The zero-order chi connectivity index (χ0) is 11.6. The van der Waals surface area contributed by atoms with Gasteiger partial charge in [-0.2, -0.15) is 13.2 Å². The van der Waals surface area contributed by atoms with Crippen molar-refractivity contribution in [1.29, 1.82) is 0 Å². The monoisotopic (exact) mass is 221 g/mol. The lowest BCUT2D eigenvalue weighted by Crippen LogP contribution is -2.24. The lowest BCUT2D eigenvalue weighted by molar-refractivity contribution is -0.140. The maximum Gasteiger partial charge on any atom is 0.417 e. The van der Waals surface area contributed by atoms with Crippen LogP contribution in [0.2, 0.25) is 0 Å². The molecule has 15 heavy (non-hydrogen) atoms. The molecule has 1 rings (SSSR count). The van der Waals surface area contributed by atoms with E-state index in [2.05, 4.69) is 0 Å². The summed E-state index contributed by atoms with van der Waals surface area (Å²) in [4.78, 5) is 21.2. The van der Waals surface area contributed by atoms with Gasteiger partial charge in [-0.25, -0.2) is 0 Å². The number of alkyl halides is 3. The Kier molecular flexibility index (Phi) is 2.83. The Morgan fingerprint density at radius 2 is 2.00 bits per heavy atom. The summed E-state index contributed by atoms with van der Waals surface area (Å²) in [5, 5.41) is 8.34. The van der Waals surface area contributed by atoms with E-state index in [9.17, 15) is 22.8 Å². The lowest BCUT2D eigenvalue weighted by Gasteiger charge is -2.08. The van der Waals surface area contributed by atoms with Crippen molar-refractivity contribution in [3.8, 4) is 0 Å². The maximum absolute atomic E-state index is 12.2. The number of pyridine rings is 1. The summed E-state index contributed by atoms with van der Waals surface area (Å²) in [5.41, 5.74) is -1.84. The summed E-state index contributed by atoms with van der Waals surface area (Å²) in [5.74, 6) is -1.38. The van der Waals surface area contributed by atoms with Crippen LogP contribution in [0.3, 0.4) is 0 Å². The molecule has 0 saturated carbocycles. The minimum atomic E-state index is -4.59. The molecule has 1 heterocycles. The van der Waals surface area contributed by atoms with Crippen molar-refractivity contribution >= 4 is 5.97 Å². The summed E-state index contributed by atoms with van der Waals surface area (Å²) in [6.07, 6.45) is -4.11. The number of halogens is 3. The van der Waals surface area contributed by atoms with Crippen LogP contribution in [-0.2, 0) is 17.5 Å². The van der Waals surface area contributed by atoms with Gasteiger partial charge in [0.2, 0.25) is 0 Å². The molecule has 0 radical (unpaired) electrons. The molecule has 0 aliphatic heterocycles. The van der Waals surface area contributed by atoms with Crippen molar-refractivity contribution in [2.45, 2.75) is 12.7 Å². The molecule has 0 unspecified atom stereocenters. The van der Waals surface area contributed by atoms with E-state index < -0.39 is 29.8 Å². The molecule has 0 saturated heterocycles. The van der Waals surface area contributed by atoms with Gasteiger partial charge in [0.25, 0.3) is 5.56 Å². The third-order valence-electron chi connectivity index (χ3n) is 1.62. The first-order valence-electron chi connectivity index (χ1n) is 3.80. The highest BCUT2D eigenvalue weighted by Gasteiger charge is 2.31. The van der Waals surface area contributed by atoms with E-state index >= 15 is 0 Å². The van der Waals surface area contributed by atoms with Crippen LogP contribution >= 0.6 is 0 Å². The van der Waals surface area contributed by atoms with Crippen LogP contribution in [0.4, 0.5) is 13.2 Å². The van der Waals surface area contributed by atoms with E-state index in [1.165, 1.54) is 0 Å². The van der Waals surface area contributed by atoms with Crippen LogP contribution < -0.4 is 5.56 Å². The van der Waals surface area contributed by atoms with Crippen LogP contribution in [0, 0.1) is 0 Å². The van der Waals surface area contributed by atoms with Gasteiger partial charge in [-0.15, -0.1) is 0 Å². The standard InChI is InChI=1S/C8H6F3NO3/c9-8(10,11)5-1-2-6(13)12(3-5)4-7(14)15/h1-3H,4H2,(H,14,15). The number of aromatic nitrogens is 1. The van der Waals surface area contributed by atoms with Crippen molar-refractivity contribution in [3.63, 3.8) is 0 Å². The van der Waals surface area contributed by atoms with Crippen LogP contribution in [0.5, 0.6) is 0 Å². The van der Waals surface area contributed by atoms with Gasteiger partial charge in [-0.05, 0) is 6.07 Å². The van der Waals surface area contributed by atoms with Gasteiger partial charge >= 0.3 is 12.1 Å². The zero-order valence-corrected chi connectivity index (χ0v) is 7.28. The fourth-order valence-electron chi connectivity index (χ4n) is 0.968. The zero-order valence-electron chi connectivity index (χ0n) is 7.28. The summed E-state index contributed by atoms with van der Waals surface area (Å²) < 4.78 is 37.0. The molecule has 0 aliphatic rings. The first kappa shape index (κ1) is 11.3. The second-order valence-corrected chi connectivity index (χ2v) is 2.78. The lowest BCUT2D eigenvalue weighted by atomic mass is 10.3. The van der Waals surface area contributed by atoms with Crippen molar-refractivity contribution in [3.05, 3.63) is 34.2 Å². The summed E-state index contributed by atoms with van der Waals surface area (Å²) in [7, 11) is 0. The van der Waals surface area contributed by atoms with E-state index in [1.54, 1.807) is 0 Å². The van der Waals surface area contributed by atoms with Crippen molar-refractivity contribution < 1.29 is 23.1 Å². The molecule has 1 aromatic heterocycles. The maximum atomic E-state index is 12.2. The Labute approximate surface area is 81.6 Å². The minimum Gasteiger partial charge on any atom is -0.480 e. The van der Waals surface area contributed by atoms with Crippen molar-refractivity contribution in [2.24, 2.45) is 0 Å². The third kappa shape index (κ3) is 2.83. The number of carboxylic acid groups (broad SMARTS) is 1. The molecule has 1 N–H and O–H groups in total. The van der Waals surface area contributed by atoms with E-state index in [0.717, 1.165) is 0 Å². The number of rotatable bonds is 2. The molecule has 0 aromatic carbocycles. The van der Waals surface area contributed by atoms with Gasteiger partial charge in [0.1, 0.15) is 6.54 Å². The Morgan fingerprint density at radius 1 is 1.40 bits per heavy atom. The first-order valence-corrected chi connectivity index (χ1v) is 3.80. The fraction of sp³-hybridized carbons (Fsp3) is 0.250. The van der Waals surface area contributed by atoms with Gasteiger partial charge in [0.05, 0.1) is 5.56 Å². The molecular weight excluding hydrogens is 215 g/mol. The molecule has 4 nitrogen and oxygen atoms in total. The Bertz CT molecular complexity index is 435. The number of nitrogens with zero attached hydrogens (tertiary/aromatic N) is 1. The van der Waals surface area contributed by atoms with E-state index in [-0.39, 0.29) is 0 Å². The number of aliphatic carboxylic acids is 1. The topological polar surface area (TPSA) is 59.3 Å². The van der Waals surface area contributed by atoms with Gasteiger partial charge in [-0.1, -0.05) is 0 Å². The summed E-state index contributed by atoms with van der Waals surface area (Å²) in [6.45, 7) is -0.789. The molecule has 0 fully saturated rings.